The van der Waals surface area contributed by atoms with Crippen molar-refractivity contribution in [3.63, 3.8) is 0 Å². The predicted octanol–water partition coefficient (Wildman–Crippen LogP) is 2.10. The Morgan fingerprint density at radius 3 is 2.64 bits per heavy atom. The number of aryl methyl sites for hydroxylation is 1. The van der Waals surface area contributed by atoms with E-state index in [0.717, 1.165) is 23.1 Å². The second kappa shape index (κ2) is 6.76. The van der Waals surface area contributed by atoms with Gasteiger partial charge in [-0.3, -0.25) is 4.79 Å². The lowest BCUT2D eigenvalue weighted by atomic mass is 10.1. The summed E-state index contributed by atoms with van der Waals surface area (Å²) in [6.45, 7) is 2.44. The van der Waals surface area contributed by atoms with Gasteiger partial charge in [-0.2, -0.15) is 0 Å². The third-order valence-electron chi connectivity index (χ3n) is 4.02. The van der Waals surface area contributed by atoms with Crippen LogP contribution in [0.3, 0.4) is 0 Å². The monoisotopic (exact) mass is 361 g/mol. The molecule has 1 aliphatic heterocycles. The van der Waals surface area contributed by atoms with Crippen molar-refractivity contribution in [3.8, 4) is 11.5 Å². The van der Waals surface area contributed by atoms with E-state index in [1.807, 2.05) is 18.2 Å². The van der Waals surface area contributed by atoms with Gasteiger partial charge >= 0.3 is 0 Å². The summed E-state index contributed by atoms with van der Waals surface area (Å²) in [5, 5.41) is 2.83. The number of amides is 1. The van der Waals surface area contributed by atoms with Crippen LogP contribution in [0.5, 0.6) is 11.5 Å². The molecule has 0 saturated heterocycles. The lowest BCUT2D eigenvalue weighted by Gasteiger charge is -2.09. The quantitative estimate of drug-likeness (QED) is 0.882. The van der Waals surface area contributed by atoms with Crippen molar-refractivity contribution in [1.29, 1.82) is 0 Å². The van der Waals surface area contributed by atoms with Gasteiger partial charge in [-0.05, 0) is 48.7 Å². The maximum atomic E-state index is 12.4. The average molecular weight is 361 g/mol. The zero-order valence-corrected chi connectivity index (χ0v) is 14.9. The van der Waals surface area contributed by atoms with Crippen LogP contribution in [0.2, 0.25) is 0 Å². The van der Waals surface area contributed by atoms with E-state index in [1.165, 1.54) is 12.1 Å². The molecule has 25 heavy (non-hydrogen) atoms. The molecule has 0 aromatic heterocycles. The van der Waals surface area contributed by atoms with Crippen LogP contribution in [-0.2, 0) is 16.3 Å². The molecule has 0 saturated carbocycles. The second-order valence-electron chi connectivity index (χ2n) is 5.94. The molecule has 0 bridgehead atoms. The van der Waals surface area contributed by atoms with E-state index in [1.54, 1.807) is 13.0 Å². The highest BCUT2D eigenvalue weighted by atomic mass is 32.2. The molecule has 1 amide bonds. The maximum Gasteiger partial charge on any atom is 0.251 e. The lowest BCUT2D eigenvalue weighted by Crippen LogP contribution is -2.26. The van der Waals surface area contributed by atoms with Crippen LogP contribution in [0.25, 0.3) is 0 Å². The van der Waals surface area contributed by atoms with Gasteiger partial charge in [0.25, 0.3) is 5.91 Å². The largest absolute Gasteiger partial charge is 0.454 e. The Morgan fingerprint density at radius 2 is 1.88 bits per heavy atom. The smallest absolute Gasteiger partial charge is 0.251 e. The van der Waals surface area contributed by atoms with E-state index >= 15 is 0 Å². The molecule has 2 aromatic rings. The van der Waals surface area contributed by atoms with E-state index in [9.17, 15) is 13.2 Å². The summed E-state index contributed by atoms with van der Waals surface area (Å²) in [5.41, 5.74) is 2.12. The molecule has 6 nitrogen and oxygen atoms in total. The van der Waals surface area contributed by atoms with E-state index < -0.39 is 9.84 Å². The molecule has 0 spiro atoms. The fraction of sp³-hybridized carbons (Fsp3) is 0.278. The van der Waals surface area contributed by atoms with Gasteiger partial charge in [-0.1, -0.05) is 12.1 Å². The highest BCUT2D eigenvalue weighted by Crippen LogP contribution is 2.32. The molecule has 1 N–H and O–H groups in total. The Labute approximate surface area is 146 Å². The first-order valence-electron chi connectivity index (χ1n) is 7.82. The summed E-state index contributed by atoms with van der Waals surface area (Å²) in [6, 6.07) is 10.2. The van der Waals surface area contributed by atoms with Crippen LogP contribution in [0.1, 0.15) is 21.5 Å². The maximum absolute atomic E-state index is 12.4. The average Bonchev–Trinajstić information content (AvgIpc) is 3.01. The Balaban J connectivity index is 1.65. The topological polar surface area (TPSA) is 81.7 Å². The predicted molar refractivity (Wildman–Crippen MR) is 92.9 cm³/mol. The Hall–Kier alpha value is -2.54. The van der Waals surface area contributed by atoms with Gasteiger partial charge in [-0.15, -0.1) is 0 Å². The van der Waals surface area contributed by atoms with Crippen LogP contribution in [0.4, 0.5) is 0 Å². The lowest BCUT2D eigenvalue weighted by molar-refractivity contribution is 0.0953. The van der Waals surface area contributed by atoms with Crippen molar-refractivity contribution in [3.05, 3.63) is 53.1 Å². The number of hydrogen-bond acceptors (Lipinski definition) is 5. The molecular formula is C18H19NO5S. The van der Waals surface area contributed by atoms with E-state index in [2.05, 4.69) is 5.32 Å². The number of sulfone groups is 1. The number of carbonyl (C=O) groups is 1. The molecule has 2 aromatic carbocycles. The number of rotatable bonds is 5. The standard InChI is InChI=1S/C18H19NO5S/c1-12-3-5-14(25(2,21)22)10-15(12)18(20)19-8-7-13-4-6-16-17(9-13)24-11-23-16/h3-6,9-10H,7-8,11H2,1-2H3,(H,19,20). The van der Waals surface area contributed by atoms with Crippen LogP contribution in [0, 0.1) is 6.92 Å². The molecule has 132 valence electrons. The molecule has 7 heteroatoms. The number of nitrogens with one attached hydrogen (secondary N) is 1. The Morgan fingerprint density at radius 1 is 1.12 bits per heavy atom. The highest BCUT2D eigenvalue weighted by Gasteiger charge is 2.15. The fourth-order valence-electron chi connectivity index (χ4n) is 2.59. The third kappa shape index (κ3) is 3.93. The number of fused-ring (bicyclic) bond motifs is 1. The number of benzene rings is 2. The number of hydrogen-bond donors (Lipinski definition) is 1. The van der Waals surface area contributed by atoms with E-state index in [-0.39, 0.29) is 17.6 Å². The molecule has 1 heterocycles. The summed E-state index contributed by atoms with van der Waals surface area (Å²) in [5.74, 6) is 1.14. The van der Waals surface area contributed by atoms with Crippen molar-refractivity contribution in [2.24, 2.45) is 0 Å². The highest BCUT2D eigenvalue weighted by molar-refractivity contribution is 7.90. The van der Waals surface area contributed by atoms with Crippen LogP contribution in [0.15, 0.2) is 41.3 Å². The normalized spacial score (nSPS) is 12.9. The van der Waals surface area contributed by atoms with E-state index in [0.29, 0.717) is 24.3 Å². The number of carbonyl (C=O) groups excluding carboxylic acids is 1. The van der Waals surface area contributed by atoms with Crippen molar-refractivity contribution in [2.75, 3.05) is 19.6 Å². The SMILES string of the molecule is Cc1ccc(S(C)(=O)=O)cc1C(=O)NCCc1ccc2c(c1)OCO2. The van der Waals surface area contributed by atoms with Gasteiger partial charge in [0.05, 0.1) is 4.90 Å². The zero-order chi connectivity index (χ0) is 18.0. The van der Waals surface area contributed by atoms with Gasteiger partial charge in [0, 0.05) is 18.4 Å². The molecular weight excluding hydrogens is 342 g/mol. The van der Waals surface area contributed by atoms with Crippen molar-refractivity contribution >= 4 is 15.7 Å². The van der Waals surface area contributed by atoms with Crippen LogP contribution in [-0.4, -0.2) is 33.9 Å². The second-order valence-corrected chi connectivity index (χ2v) is 7.96. The summed E-state index contributed by atoms with van der Waals surface area (Å²) >= 11 is 0. The first-order chi connectivity index (χ1) is 11.8. The molecule has 3 rings (SSSR count). The molecule has 0 radical (unpaired) electrons. The molecule has 1 aliphatic rings. The summed E-state index contributed by atoms with van der Waals surface area (Å²) in [7, 11) is -3.35. The summed E-state index contributed by atoms with van der Waals surface area (Å²) < 4.78 is 33.9. The van der Waals surface area contributed by atoms with Gasteiger partial charge in [0.1, 0.15) is 0 Å². The molecule has 0 unspecified atom stereocenters. The fourth-order valence-corrected chi connectivity index (χ4v) is 3.24. The number of ether oxygens (including phenoxy) is 2. The van der Waals surface area contributed by atoms with Gasteiger partial charge in [0.15, 0.2) is 21.3 Å². The minimum Gasteiger partial charge on any atom is -0.454 e. The van der Waals surface area contributed by atoms with Crippen LogP contribution < -0.4 is 14.8 Å². The van der Waals surface area contributed by atoms with Gasteiger partial charge in [0.2, 0.25) is 6.79 Å². The molecule has 0 fully saturated rings. The zero-order valence-electron chi connectivity index (χ0n) is 14.0. The summed E-state index contributed by atoms with van der Waals surface area (Å²) in [6.07, 6.45) is 1.76. The van der Waals surface area contributed by atoms with Gasteiger partial charge in [-0.25, -0.2) is 8.42 Å². The Bertz CT molecular complexity index is 921. The van der Waals surface area contributed by atoms with E-state index in [4.69, 9.17) is 9.47 Å². The van der Waals surface area contributed by atoms with Crippen LogP contribution >= 0.6 is 0 Å². The minimum atomic E-state index is -3.35. The van der Waals surface area contributed by atoms with Crippen molar-refractivity contribution in [1.82, 2.24) is 5.32 Å². The third-order valence-corrected chi connectivity index (χ3v) is 5.13. The first kappa shape index (κ1) is 17.3. The minimum absolute atomic E-state index is 0.138. The summed E-state index contributed by atoms with van der Waals surface area (Å²) in [4.78, 5) is 12.5. The Kier molecular flexibility index (Phi) is 4.67. The van der Waals surface area contributed by atoms with Gasteiger partial charge < -0.3 is 14.8 Å². The molecule has 0 aliphatic carbocycles. The first-order valence-corrected chi connectivity index (χ1v) is 9.71. The van der Waals surface area contributed by atoms with Crippen molar-refractivity contribution < 1.29 is 22.7 Å². The molecule has 0 atom stereocenters. The van der Waals surface area contributed by atoms with Crippen molar-refractivity contribution in [2.45, 2.75) is 18.2 Å².